The van der Waals surface area contributed by atoms with E-state index in [4.69, 9.17) is 19.9 Å². The summed E-state index contributed by atoms with van der Waals surface area (Å²) in [5.41, 5.74) is 5.01. The predicted molar refractivity (Wildman–Crippen MR) is 152 cm³/mol. The van der Waals surface area contributed by atoms with Gasteiger partial charge in [0.05, 0.1) is 10.2 Å². The highest BCUT2D eigenvalue weighted by molar-refractivity contribution is 7.21. The summed E-state index contributed by atoms with van der Waals surface area (Å²) in [6.07, 6.45) is 0. The molecule has 0 saturated heterocycles. The Labute approximate surface area is 218 Å². The van der Waals surface area contributed by atoms with Crippen molar-refractivity contribution in [3.63, 3.8) is 0 Å². The van der Waals surface area contributed by atoms with Gasteiger partial charge in [0.2, 0.25) is 0 Å². The second-order valence-corrected chi connectivity index (χ2v) is 9.77. The van der Waals surface area contributed by atoms with Gasteiger partial charge in [0.25, 0.3) is 0 Å². The summed E-state index contributed by atoms with van der Waals surface area (Å²) < 4.78 is 1.11. The topological polar surface area (TPSA) is 51.6 Å². The largest absolute Gasteiger partial charge is 0.235 e. The quantitative estimate of drug-likeness (QED) is 0.248. The molecule has 0 amide bonds. The molecule has 0 aliphatic carbocycles. The van der Waals surface area contributed by atoms with E-state index in [1.807, 2.05) is 78.9 Å². The Morgan fingerprint density at radius 2 is 0.919 bits per heavy atom. The zero-order valence-corrected chi connectivity index (χ0v) is 20.6. The molecule has 0 spiro atoms. The standard InChI is InChI=1S/C32H20N4S/c1-4-12-21(13-5-1)29-34-30(22-14-6-2-7-15-22)36-31(35-29)26-20-27-28(25-19-11-10-18-24(25)26)33-32(37-27)23-16-8-3-9-17-23/h1-20H. The Morgan fingerprint density at radius 1 is 0.432 bits per heavy atom. The number of aromatic nitrogens is 4. The Hall–Kier alpha value is -4.74. The fourth-order valence-corrected chi connectivity index (χ4v) is 5.60. The second-order valence-electron chi connectivity index (χ2n) is 8.74. The molecule has 7 aromatic rings. The van der Waals surface area contributed by atoms with Gasteiger partial charge in [-0.15, -0.1) is 11.3 Å². The summed E-state index contributed by atoms with van der Waals surface area (Å²) in [6, 6.07) is 41.0. The highest BCUT2D eigenvalue weighted by Gasteiger charge is 2.18. The average molecular weight is 493 g/mol. The highest BCUT2D eigenvalue weighted by Crippen LogP contribution is 2.39. The van der Waals surface area contributed by atoms with Crippen molar-refractivity contribution in [3.8, 4) is 44.7 Å². The van der Waals surface area contributed by atoms with Crippen LogP contribution in [0.5, 0.6) is 0 Å². The fourth-order valence-electron chi connectivity index (χ4n) is 4.57. The van der Waals surface area contributed by atoms with Crippen LogP contribution < -0.4 is 0 Å². The van der Waals surface area contributed by atoms with Crippen molar-refractivity contribution in [1.82, 2.24) is 19.9 Å². The van der Waals surface area contributed by atoms with E-state index in [1.54, 1.807) is 11.3 Å². The molecular weight excluding hydrogens is 472 g/mol. The zero-order chi connectivity index (χ0) is 24.6. The van der Waals surface area contributed by atoms with Crippen LogP contribution in [0, 0.1) is 0 Å². The van der Waals surface area contributed by atoms with Crippen LogP contribution in [0.3, 0.4) is 0 Å². The van der Waals surface area contributed by atoms with Crippen molar-refractivity contribution in [2.24, 2.45) is 0 Å². The van der Waals surface area contributed by atoms with E-state index in [9.17, 15) is 0 Å². The second kappa shape index (κ2) is 9.04. The number of benzene rings is 5. The molecule has 0 atom stereocenters. The van der Waals surface area contributed by atoms with Crippen molar-refractivity contribution in [2.75, 3.05) is 0 Å². The van der Waals surface area contributed by atoms with Crippen molar-refractivity contribution in [1.29, 1.82) is 0 Å². The van der Waals surface area contributed by atoms with Gasteiger partial charge >= 0.3 is 0 Å². The molecule has 0 aliphatic rings. The molecule has 37 heavy (non-hydrogen) atoms. The number of hydrogen-bond acceptors (Lipinski definition) is 5. The summed E-state index contributed by atoms with van der Waals surface area (Å²) in [5.74, 6) is 1.96. The van der Waals surface area contributed by atoms with Crippen molar-refractivity contribution >= 4 is 32.3 Å². The number of rotatable bonds is 4. The molecule has 0 N–H and O–H groups in total. The summed E-state index contributed by atoms with van der Waals surface area (Å²) in [6.45, 7) is 0. The van der Waals surface area contributed by atoms with Crippen LogP contribution in [0.25, 0.3) is 65.7 Å². The summed E-state index contributed by atoms with van der Waals surface area (Å²) in [5, 5.41) is 3.17. The van der Waals surface area contributed by atoms with E-state index in [1.165, 1.54) is 0 Å². The molecule has 0 saturated carbocycles. The molecule has 0 unspecified atom stereocenters. The maximum absolute atomic E-state index is 5.04. The minimum atomic E-state index is 0.653. The van der Waals surface area contributed by atoms with Gasteiger partial charge in [-0.1, -0.05) is 115 Å². The predicted octanol–water partition coefficient (Wildman–Crippen LogP) is 8.30. The number of fused-ring (bicyclic) bond motifs is 3. The van der Waals surface area contributed by atoms with Gasteiger partial charge in [0.1, 0.15) is 5.01 Å². The minimum Gasteiger partial charge on any atom is -0.235 e. The minimum absolute atomic E-state index is 0.653. The van der Waals surface area contributed by atoms with Crippen molar-refractivity contribution in [3.05, 3.63) is 121 Å². The van der Waals surface area contributed by atoms with Crippen LogP contribution in [0.1, 0.15) is 0 Å². The van der Waals surface area contributed by atoms with E-state index in [-0.39, 0.29) is 0 Å². The van der Waals surface area contributed by atoms with Gasteiger partial charge in [-0.25, -0.2) is 19.9 Å². The highest BCUT2D eigenvalue weighted by atomic mass is 32.1. The monoisotopic (exact) mass is 492 g/mol. The van der Waals surface area contributed by atoms with Crippen molar-refractivity contribution < 1.29 is 0 Å². The zero-order valence-electron chi connectivity index (χ0n) is 19.7. The van der Waals surface area contributed by atoms with Gasteiger partial charge in [-0.3, -0.25) is 0 Å². The van der Waals surface area contributed by atoms with Gasteiger partial charge in [-0.05, 0) is 11.5 Å². The Balaban J connectivity index is 1.50. The lowest BCUT2D eigenvalue weighted by Gasteiger charge is -2.10. The number of hydrogen-bond donors (Lipinski definition) is 0. The first-order valence-electron chi connectivity index (χ1n) is 12.1. The van der Waals surface area contributed by atoms with Crippen LogP contribution in [-0.2, 0) is 0 Å². The molecule has 2 heterocycles. The molecule has 0 radical (unpaired) electrons. The Morgan fingerprint density at radius 3 is 1.51 bits per heavy atom. The first kappa shape index (κ1) is 21.5. The van der Waals surface area contributed by atoms with Gasteiger partial charge in [0, 0.05) is 27.6 Å². The van der Waals surface area contributed by atoms with E-state index in [0.717, 1.165) is 48.3 Å². The third-order valence-electron chi connectivity index (χ3n) is 6.36. The van der Waals surface area contributed by atoms with E-state index >= 15 is 0 Å². The van der Waals surface area contributed by atoms with Gasteiger partial charge in [-0.2, -0.15) is 0 Å². The number of thiazole rings is 1. The van der Waals surface area contributed by atoms with Crippen LogP contribution in [-0.4, -0.2) is 19.9 Å². The lowest BCUT2D eigenvalue weighted by atomic mass is 10.0. The molecule has 4 nitrogen and oxygen atoms in total. The number of nitrogens with zero attached hydrogens (tertiary/aromatic N) is 4. The third-order valence-corrected chi connectivity index (χ3v) is 7.41. The van der Waals surface area contributed by atoms with Crippen LogP contribution in [0.15, 0.2) is 121 Å². The van der Waals surface area contributed by atoms with E-state index in [2.05, 4.69) is 42.5 Å². The Kier molecular flexibility index (Phi) is 5.26. The molecule has 5 aromatic carbocycles. The summed E-state index contributed by atoms with van der Waals surface area (Å²) in [4.78, 5) is 19.9. The maximum Gasteiger partial charge on any atom is 0.164 e. The maximum atomic E-state index is 5.04. The molecular formula is C32H20N4S. The molecule has 0 aliphatic heterocycles. The van der Waals surface area contributed by atoms with Gasteiger partial charge in [0.15, 0.2) is 17.5 Å². The van der Waals surface area contributed by atoms with Gasteiger partial charge < -0.3 is 0 Å². The SMILES string of the molecule is c1ccc(-c2nc(-c3ccccc3)nc(-c3cc4sc(-c5ccccc5)nc4c4ccccc34)n2)cc1. The van der Waals surface area contributed by atoms with Crippen LogP contribution in [0.2, 0.25) is 0 Å². The summed E-state index contributed by atoms with van der Waals surface area (Å²) in [7, 11) is 0. The van der Waals surface area contributed by atoms with E-state index < -0.39 is 0 Å². The average Bonchev–Trinajstić information content (AvgIpc) is 3.43. The summed E-state index contributed by atoms with van der Waals surface area (Å²) >= 11 is 1.69. The molecule has 0 bridgehead atoms. The Bertz CT molecular complexity index is 1810. The van der Waals surface area contributed by atoms with E-state index in [0.29, 0.717) is 17.5 Å². The van der Waals surface area contributed by atoms with Crippen LogP contribution >= 0.6 is 11.3 Å². The smallest absolute Gasteiger partial charge is 0.164 e. The van der Waals surface area contributed by atoms with Crippen LogP contribution in [0.4, 0.5) is 0 Å². The van der Waals surface area contributed by atoms with Crippen molar-refractivity contribution in [2.45, 2.75) is 0 Å². The molecule has 2 aromatic heterocycles. The fraction of sp³-hybridized carbons (Fsp3) is 0. The lowest BCUT2D eigenvalue weighted by Crippen LogP contribution is -2.00. The first-order valence-corrected chi connectivity index (χ1v) is 12.9. The normalized spacial score (nSPS) is 11.2. The molecule has 7 rings (SSSR count). The third kappa shape index (κ3) is 3.96. The molecule has 0 fully saturated rings. The molecule has 5 heteroatoms. The molecule has 174 valence electrons. The first-order chi connectivity index (χ1) is 18.3. The lowest BCUT2D eigenvalue weighted by molar-refractivity contribution is 1.08.